The molecule has 0 saturated carbocycles. The first-order chi connectivity index (χ1) is 16.1. The molecule has 6 nitrogen and oxygen atoms in total. The first kappa shape index (κ1) is 29.4. The lowest BCUT2D eigenvalue weighted by Gasteiger charge is -2.20. The van der Waals surface area contributed by atoms with Gasteiger partial charge in [0.2, 0.25) is 5.96 Å². The Bertz CT molecular complexity index is 931. The molecular weight excluding hydrogens is 461 g/mol. The molecule has 0 amide bonds. The summed E-state index contributed by atoms with van der Waals surface area (Å²) < 4.78 is 36.7. The van der Waals surface area contributed by atoms with Crippen LogP contribution in [0.25, 0.3) is 12.2 Å². The Balaban J connectivity index is 0.000000369. The van der Waals surface area contributed by atoms with Crippen molar-refractivity contribution in [3.63, 3.8) is 0 Å². The maximum absolute atomic E-state index is 12.2. The third kappa shape index (κ3) is 12.5. The van der Waals surface area contributed by atoms with Crippen LogP contribution in [0.1, 0.15) is 56.1 Å². The van der Waals surface area contributed by atoms with Crippen molar-refractivity contribution in [3.05, 3.63) is 45.7 Å². The Labute approximate surface area is 204 Å². The van der Waals surface area contributed by atoms with E-state index >= 15 is 0 Å². The van der Waals surface area contributed by atoms with Gasteiger partial charge in [0.1, 0.15) is 12.4 Å². The molecule has 34 heavy (non-hydrogen) atoms. The standard InChI is InChI=1S/C13H22F3N5.C9H7NS.C2H6/c1-9(2)19-12(18-8-13(14,15)16)21-10(3)20-11-4-6-17-7-5-11;1-7-10-8-5-3-2-4-6-9(8)11-7;1-2/h11,17H,1,4-8H2,2-3H3,(H2,18,19,20,21);2-3,5-6H,1H3;1-2H3. The van der Waals surface area contributed by atoms with E-state index in [1.54, 1.807) is 25.2 Å². The molecule has 0 bridgehead atoms. The Morgan fingerprint density at radius 3 is 2.56 bits per heavy atom. The summed E-state index contributed by atoms with van der Waals surface area (Å²) in [6.45, 7) is 13.5. The summed E-state index contributed by atoms with van der Waals surface area (Å²) >= 11 is 1.70. The highest BCUT2D eigenvalue weighted by Crippen LogP contribution is 2.21. The normalized spacial score (nSPS) is 15.9. The second-order valence-electron chi connectivity index (χ2n) is 7.33. The molecule has 10 heteroatoms. The zero-order valence-corrected chi connectivity index (χ0v) is 21.3. The van der Waals surface area contributed by atoms with Crippen LogP contribution in [0.4, 0.5) is 13.2 Å². The molecule has 1 aromatic heterocycles. The minimum Gasteiger partial charge on any atom is -0.331 e. The van der Waals surface area contributed by atoms with Crippen LogP contribution in [0.2, 0.25) is 0 Å². The summed E-state index contributed by atoms with van der Waals surface area (Å²) in [7, 11) is 0. The summed E-state index contributed by atoms with van der Waals surface area (Å²) in [5, 5.41) is 9.79. The highest BCUT2D eigenvalue weighted by atomic mass is 32.1. The highest BCUT2D eigenvalue weighted by molar-refractivity contribution is 7.12. The second-order valence-corrected chi connectivity index (χ2v) is 8.56. The Hall–Kier alpha value is -2.68. The van der Waals surface area contributed by atoms with Crippen LogP contribution in [-0.4, -0.2) is 48.6 Å². The second kappa shape index (κ2) is 15.3. The molecule has 0 spiro atoms. The smallest absolute Gasteiger partial charge is 0.331 e. The predicted molar refractivity (Wildman–Crippen MR) is 138 cm³/mol. The van der Waals surface area contributed by atoms with Crippen LogP contribution < -0.4 is 16.0 Å². The zero-order valence-electron chi connectivity index (χ0n) is 20.5. The Kier molecular flexibility index (Phi) is 13.2. The van der Waals surface area contributed by atoms with Gasteiger partial charge in [0.25, 0.3) is 0 Å². The van der Waals surface area contributed by atoms with Crippen molar-refractivity contribution in [1.29, 1.82) is 0 Å². The van der Waals surface area contributed by atoms with Crippen molar-refractivity contribution in [3.8, 4) is 0 Å². The lowest BCUT2D eigenvalue weighted by atomic mass is 10.1. The molecule has 1 aromatic rings. The van der Waals surface area contributed by atoms with E-state index in [1.807, 2.05) is 45.1 Å². The van der Waals surface area contributed by atoms with Gasteiger partial charge in [-0.25, -0.2) is 9.98 Å². The van der Waals surface area contributed by atoms with Crippen molar-refractivity contribution in [2.45, 2.75) is 59.7 Å². The molecule has 188 valence electrons. The molecule has 0 aromatic carbocycles. The minimum absolute atomic E-state index is 0.00927. The molecule has 3 rings (SSSR count). The number of fused-ring (bicyclic) bond motifs is 1. The maximum atomic E-state index is 12.2. The number of rotatable bonds is 3. The molecule has 0 unspecified atom stereocenters. The molecule has 2 aliphatic rings. The van der Waals surface area contributed by atoms with Crippen molar-refractivity contribution in [2.75, 3.05) is 19.6 Å². The van der Waals surface area contributed by atoms with E-state index in [1.165, 1.54) is 4.88 Å². The molecule has 0 atom stereocenters. The van der Waals surface area contributed by atoms with Gasteiger partial charge < -0.3 is 16.0 Å². The van der Waals surface area contributed by atoms with Gasteiger partial charge in [0, 0.05) is 5.70 Å². The van der Waals surface area contributed by atoms with Gasteiger partial charge >= 0.3 is 6.18 Å². The number of alkyl halides is 3. The fourth-order valence-electron chi connectivity index (χ4n) is 2.89. The van der Waals surface area contributed by atoms with Gasteiger partial charge in [0.05, 0.1) is 21.6 Å². The average Bonchev–Trinajstić information content (AvgIpc) is 2.98. The van der Waals surface area contributed by atoms with Crippen molar-refractivity contribution in [1.82, 2.24) is 20.9 Å². The molecule has 1 saturated heterocycles. The van der Waals surface area contributed by atoms with Gasteiger partial charge in [-0.1, -0.05) is 26.5 Å². The van der Waals surface area contributed by atoms with E-state index in [4.69, 9.17) is 0 Å². The third-order valence-corrected chi connectivity index (χ3v) is 5.12. The summed E-state index contributed by atoms with van der Waals surface area (Å²) in [5.41, 5.74) is 4.61. The summed E-state index contributed by atoms with van der Waals surface area (Å²) in [6.07, 6.45) is 5.33. The van der Waals surface area contributed by atoms with E-state index in [9.17, 15) is 13.2 Å². The summed E-state index contributed by atoms with van der Waals surface area (Å²) in [4.78, 5) is 13.5. The average molecular weight is 497 g/mol. The first-order valence-corrected chi connectivity index (χ1v) is 12.1. The number of piperidine rings is 1. The third-order valence-electron chi connectivity index (χ3n) is 4.18. The van der Waals surface area contributed by atoms with E-state index < -0.39 is 12.7 Å². The lowest BCUT2D eigenvalue weighted by Crippen LogP contribution is -2.40. The summed E-state index contributed by atoms with van der Waals surface area (Å²) in [5.74, 6) is 0.548. The maximum Gasteiger partial charge on any atom is 0.408 e. The van der Waals surface area contributed by atoms with Crippen LogP contribution in [-0.2, 0) is 0 Å². The summed E-state index contributed by atoms with van der Waals surface area (Å²) in [6, 6.07) is 0.187. The Morgan fingerprint density at radius 2 is 1.94 bits per heavy atom. The van der Waals surface area contributed by atoms with Gasteiger partial charge in [0.15, 0.2) is 0 Å². The van der Waals surface area contributed by atoms with Crippen LogP contribution in [0.15, 0.2) is 40.1 Å². The first-order valence-electron chi connectivity index (χ1n) is 11.2. The van der Waals surface area contributed by atoms with Crippen LogP contribution in [0, 0.1) is 6.92 Å². The number of aryl methyl sites for hydroxylation is 1. The van der Waals surface area contributed by atoms with E-state index in [-0.39, 0.29) is 12.0 Å². The topological polar surface area (TPSA) is 73.7 Å². The number of guanidine groups is 1. The van der Waals surface area contributed by atoms with E-state index in [2.05, 4.69) is 43.2 Å². The minimum atomic E-state index is -4.34. The molecule has 3 N–H and O–H groups in total. The lowest BCUT2D eigenvalue weighted by molar-refractivity contribution is -0.118. The van der Waals surface area contributed by atoms with Crippen LogP contribution in [0.3, 0.4) is 0 Å². The van der Waals surface area contributed by atoms with Gasteiger partial charge in [-0.3, -0.25) is 4.99 Å². The number of allylic oxidation sites excluding steroid dienone is 3. The van der Waals surface area contributed by atoms with Gasteiger partial charge in [-0.15, -0.1) is 17.1 Å². The van der Waals surface area contributed by atoms with Crippen molar-refractivity contribution < 1.29 is 13.2 Å². The largest absolute Gasteiger partial charge is 0.408 e. The predicted octanol–water partition coefficient (Wildman–Crippen LogP) is 5.46. The molecule has 2 heterocycles. The highest BCUT2D eigenvalue weighted by Gasteiger charge is 2.26. The van der Waals surface area contributed by atoms with E-state index in [0.717, 1.165) is 36.6 Å². The number of hydrogen-bond donors (Lipinski definition) is 3. The number of halogens is 3. The zero-order chi connectivity index (χ0) is 25.6. The fourth-order valence-corrected chi connectivity index (χ4v) is 3.70. The molecule has 1 fully saturated rings. The molecule has 0 radical (unpaired) electrons. The van der Waals surface area contributed by atoms with E-state index in [0.29, 0.717) is 11.5 Å². The molecule has 1 aliphatic heterocycles. The van der Waals surface area contributed by atoms with Crippen molar-refractivity contribution in [2.24, 2.45) is 9.98 Å². The SMILES string of the molecule is C=C(C)NC(=NCC(F)(F)F)NC(C)=NC1CCNCC1.CC.Cc1nc2c(s1)C=C=CC=C2. The number of amidine groups is 1. The number of nitrogens with one attached hydrogen (secondary N) is 3. The van der Waals surface area contributed by atoms with Crippen LogP contribution >= 0.6 is 11.3 Å². The number of thiazole rings is 1. The van der Waals surface area contributed by atoms with Gasteiger partial charge in [-0.05, 0) is 64.9 Å². The molecule has 1 aliphatic carbocycles. The molecular formula is C24H35F3N6S. The number of nitrogens with zero attached hydrogens (tertiary/aromatic N) is 3. The van der Waals surface area contributed by atoms with Gasteiger partial charge in [-0.2, -0.15) is 13.2 Å². The number of aromatic nitrogens is 1. The monoisotopic (exact) mass is 496 g/mol. The number of aliphatic imine (C=N–C) groups is 2. The quantitative estimate of drug-likeness (QED) is 0.295. The Morgan fingerprint density at radius 1 is 1.26 bits per heavy atom. The number of hydrogen-bond acceptors (Lipinski definition) is 5. The fraction of sp³-hybridized carbons (Fsp3) is 0.500. The van der Waals surface area contributed by atoms with Crippen molar-refractivity contribution >= 4 is 35.3 Å². The van der Waals surface area contributed by atoms with Crippen LogP contribution in [0.5, 0.6) is 0 Å².